The van der Waals surface area contributed by atoms with Crippen LogP contribution in [0.4, 0.5) is 10.3 Å². The highest BCUT2D eigenvalue weighted by atomic mass is 19.1. The standard InChI is InChI=1S/C18H17FN4O2/c1-25-15-8-3-2-7-14(15)17-21-18(23-22-17)20-16(24)10-9-12-5-4-6-13(19)11-12/h2-8,11H,9-10H2,1H3,(H2,20,21,22,23,24). The molecule has 0 saturated heterocycles. The molecule has 0 aliphatic carbocycles. The summed E-state index contributed by atoms with van der Waals surface area (Å²) in [5.74, 6) is 0.786. The number of carbonyl (C=O) groups is 1. The van der Waals surface area contributed by atoms with Crippen LogP contribution in [0.25, 0.3) is 11.4 Å². The van der Waals surface area contributed by atoms with Crippen LogP contribution in [0, 0.1) is 5.82 Å². The molecule has 0 saturated carbocycles. The highest BCUT2D eigenvalue weighted by Crippen LogP contribution is 2.27. The first kappa shape index (κ1) is 16.6. The zero-order valence-corrected chi connectivity index (χ0v) is 13.6. The van der Waals surface area contributed by atoms with Gasteiger partial charge in [0.05, 0.1) is 12.7 Å². The number of aromatic nitrogens is 3. The first-order valence-electron chi connectivity index (χ1n) is 7.76. The van der Waals surface area contributed by atoms with E-state index >= 15 is 0 Å². The number of hydrogen-bond acceptors (Lipinski definition) is 4. The van der Waals surface area contributed by atoms with E-state index < -0.39 is 0 Å². The van der Waals surface area contributed by atoms with Crippen molar-refractivity contribution in [2.45, 2.75) is 12.8 Å². The number of H-pyrrole nitrogens is 1. The fourth-order valence-electron chi connectivity index (χ4n) is 2.42. The van der Waals surface area contributed by atoms with Gasteiger partial charge in [-0.25, -0.2) is 4.39 Å². The molecule has 0 spiro atoms. The number of nitrogens with zero attached hydrogens (tertiary/aromatic N) is 2. The smallest absolute Gasteiger partial charge is 0.249 e. The van der Waals surface area contributed by atoms with Crippen molar-refractivity contribution in [2.24, 2.45) is 0 Å². The Kier molecular flexibility index (Phi) is 5.03. The van der Waals surface area contributed by atoms with Crippen molar-refractivity contribution >= 4 is 11.9 Å². The van der Waals surface area contributed by atoms with Crippen molar-refractivity contribution in [3.8, 4) is 17.1 Å². The van der Waals surface area contributed by atoms with E-state index in [9.17, 15) is 9.18 Å². The van der Waals surface area contributed by atoms with Crippen molar-refractivity contribution < 1.29 is 13.9 Å². The Morgan fingerprint density at radius 2 is 2.08 bits per heavy atom. The number of para-hydroxylation sites is 1. The van der Waals surface area contributed by atoms with Gasteiger partial charge in [-0.15, -0.1) is 5.10 Å². The first-order chi connectivity index (χ1) is 12.2. The molecule has 3 rings (SSSR count). The average Bonchev–Trinajstić information content (AvgIpc) is 3.08. The van der Waals surface area contributed by atoms with Gasteiger partial charge in [-0.05, 0) is 36.2 Å². The lowest BCUT2D eigenvalue weighted by molar-refractivity contribution is -0.116. The third kappa shape index (κ3) is 4.20. The molecule has 0 aliphatic rings. The molecule has 3 aromatic rings. The Morgan fingerprint density at radius 1 is 1.24 bits per heavy atom. The topological polar surface area (TPSA) is 79.9 Å². The van der Waals surface area contributed by atoms with Crippen LogP contribution in [0.5, 0.6) is 5.75 Å². The largest absolute Gasteiger partial charge is 0.496 e. The van der Waals surface area contributed by atoms with Crippen LogP contribution < -0.4 is 10.1 Å². The third-order valence-electron chi connectivity index (χ3n) is 3.63. The second kappa shape index (κ2) is 7.57. The SMILES string of the molecule is COc1ccccc1-c1nc(NC(=O)CCc2cccc(F)c2)n[nH]1. The number of carbonyl (C=O) groups excluding carboxylic acids is 1. The van der Waals surface area contributed by atoms with Crippen LogP contribution in [-0.2, 0) is 11.2 Å². The fourth-order valence-corrected chi connectivity index (χ4v) is 2.42. The predicted octanol–water partition coefficient (Wildman–Crippen LogP) is 3.19. The summed E-state index contributed by atoms with van der Waals surface area (Å²) in [4.78, 5) is 16.3. The molecule has 0 fully saturated rings. The minimum atomic E-state index is -0.312. The summed E-state index contributed by atoms with van der Waals surface area (Å²) >= 11 is 0. The number of rotatable bonds is 6. The lowest BCUT2D eigenvalue weighted by Crippen LogP contribution is -2.13. The van der Waals surface area contributed by atoms with E-state index in [0.717, 1.165) is 11.1 Å². The second-order valence-corrected chi connectivity index (χ2v) is 5.39. The number of anilines is 1. The van der Waals surface area contributed by atoms with Gasteiger partial charge in [0.25, 0.3) is 0 Å². The maximum absolute atomic E-state index is 13.1. The van der Waals surface area contributed by atoms with Crippen LogP contribution in [0.1, 0.15) is 12.0 Å². The number of halogens is 1. The van der Waals surface area contributed by atoms with Crippen molar-refractivity contribution in [1.82, 2.24) is 15.2 Å². The number of hydrogen-bond donors (Lipinski definition) is 2. The molecular weight excluding hydrogens is 323 g/mol. The Balaban J connectivity index is 1.62. The third-order valence-corrected chi connectivity index (χ3v) is 3.63. The molecule has 6 nitrogen and oxygen atoms in total. The Morgan fingerprint density at radius 3 is 2.88 bits per heavy atom. The van der Waals surface area contributed by atoms with Gasteiger partial charge in [-0.1, -0.05) is 24.3 Å². The van der Waals surface area contributed by atoms with E-state index in [-0.39, 0.29) is 24.1 Å². The first-order valence-corrected chi connectivity index (χ1v) is 7.76. The van der Waals surface area contributed by atoms with Crippen LogP contribution in [-0.4, -0.2) is 28.2 Å². The molecule has 25 heavy (non-hydrogen) atoms. The Hall–Kier alpha value is -3.22. The molecule has 1 amide bonds. The summed E-state index contributed by atoms with van der Waals surface area (Å²) in [6, 6.07) is 13.6. The molecule has 0 aliphatic heterocycles. The highest BCUT2D eigenvalue weighted by Gasteiger charge is 2.12. The number of ether oxygens (including phenoxy) is 1. The van der Waals surface area contributed by atoms with Gasteiger partial charge in [0, 0.05) is 6.42 Å². The molecule has 128 valence electrons. The maximum atomic E-state index is 13.1. The van der Waals surface area contributed by atoms with E-state index in [0.29, 0.717) is 18.0 Å². The zero-order valence-electron chi connectivity index (χ0n) is 13.6. The molecule has 0 atom stereocenters. The summed E-state index contributed by atoms with van der Waals surface area (Å²) in [5, 5.41) is 9.40. The van der Waals surface area contributed by atoms with E-state index in [2.05, 4.69) is 20.5 Å². The summed E-state index contributed by atoms with van der Waals surface area (Å²) in [6.45, 7) is 0. The molecule has 0 bridgehead atoms. The van der Waals surface area contributed by atoms with Crippen LogP contribution in [0.15, 0.2) is 48.5 Å². The number of methoxy groups -OCH3 is 1. The Labute approximate surface area is 144 Å². The summed E-state index contributed by atoms with van der Waals surface area (Å²) < 4.78 is 18.4. The van der Waals surface area contributed by atoms with Gasteiger partial charge in [0.15, 0.2) is 5.82 Å². The van der Waals surface area contributed by atoms with E-state index in [4.69, 9.17) is 4.74 Å². The summed E-state index contributed by atoms with van der Waals surface area (Å²) in [6.07, 6.45) is 0.648. The van der Waals surface area contributed by atoms with Crippen molar-refractivity contribution in [2.75, 3.05) is 12.4 Å². The minimum Gasteiger partial charge on any atom is -0.496 e. The average molecular weight is 340 g/mol. The number of aromatic amines is 1. The van der Waals surface area contributed by atoms with Gasteiger partial charge in [0.1, 0.15) is 11.6 Å². The zero-order chi connectivity index (χ0) is 17.6. The van der Waals surface area contributed by atoms with E-state index in [1.165, 1.54) is 12.1 Å². The molecule has 2 N–H and O–H groups in total. The lowest BCUT2D eigenvalue weighted by Gasteiger charge is -2.04. The molecule has 1 aromatic heterocycles. The molecule has 2 aromatic carbocycles. The molecular formula is C18H17FN4O2. The molecule has 1 heterocycles. The quantitative estimate of drug-likeness (QED) is 0.722. The van der Waals surface area contributed by atoms with Crippen LogP contribution in [0.2, 0.25) is 0 Å². The molecule has 0 unspecified atom stereocenters. The van der Waals surface area contributed by atoms with Crippen molar-refractivity contribution in [3.05, 3.63) is 59.9 Å². The second-order valence-electron chi connectivity index (χ2n) is 5.39. The molecule has 7 heteroatoms. The predicted molar refractivity (Wildman–Crippen MR) is 91.7 cm³/mol. The number of aryl methyl sites for hydroxylation is 1. The number of nitrogens with one attached hydrogen (secondary N) is 2. The van der Waals surface area contributed by atoms with Crippen molar-refractivity contribution in [3.63, 3.8) is 0 Å². The molecule has 0 radical (unpaired) electrons. The summed E-state index contributed by atoms with van der Waals surface area (Å²) in [7, 11) is 1.57. The van der Waals surface area contributed by atoms with Crippen LogP contribution >= 0.6 is 0 Å². The van der Waals surface area contributed by atoms with Gasteiger partial charge < -0.3 is 4.74 Å². The number of amides is 1. The fraction of sp³-hybridized carbons (Fsp3) is 0.167. The van der Waals surface area contributed by atoms with E-state index in [1.54, 1.807) is 19.2 Å². The normalized spacial score (nSPS) is 10.5. The minimum absolute atomic E-state index is 0.185. The van der Waals surface area contributed by atoms with Crippen LogP contribution in [0.3, 0.4) is 0 Å². The van der Waals surface area contributed by atoms with Crippen molar-refractivity contribution in [1.29, 1.82) is 0 Å². The van der Waals surface area contributed by atoms with Gasteiger partial charge in [-0.2, -0.15) is 4.98 Å². The van der Waals surface area contributed by atoms with Gasteiger partial charge in [-0.3, -0.25) is 15.2 Å². The lowest BCUT2D eigenvalue weighted by atomic mass is 10.1. The summed E-state index contributed by atoms with van der Waals surface area (Å²) in [5.41, 5.74) is 1.51. The van der Waals surface area contributed by atoms with E-state index in [1.807, 2.05) is 24.3 Å². The number of benzene rings is 2. The van der Waals surface area contributed by atoms with Gasteiger partial charge >= 0.3 is 0 Å². The Bertz CT molecular complexity index is 879. The van der Waals surface area contributed by atoms with Gasteiger partial charge in [0.2, 0.25) is 11.9 Å². The highest BCUT2D eigenvalue weighted by molar-refractivity contribution is 5.89. The maximum Gasteiger partial charge on any atom is 0.249 e. The monoisotopic (exact) mass is 340 g/mol.